The molecule has 298 valence electrons. The molecule has 4 saturated heterocycles. The number of alkyl carbamates (subject to hydrolysis) is 1. The van der Waals surface area contributed by atoms with Crippen LogP contribution in [-0.2, 0) is 44.4 Å². The average molecular weight is 844 g/mol. The Balaban J connectivity index is 1.43. The molecule has 7 rings (SSSR count). The van der Waals surface area contributed by atoms with Gasteiger partial charge >= 0.3 is 18.0 Å². The molecule has 15 nitrogen and oxygen atoms in total. The summed E-state index contributed by atoms with van der Waals surface area (Å²) >= 11 is 18.8. The number of piperazine rings is 1. The minimum atomic E-state index is -1.87. The lowest BCUT2D eigenvalue weighted by Gasteiger charge is -2.64. The van der Waals surface area contributed by atoms with Crippen LogP contribution in [0, 0.1) is 24.2 Å². The monoisotopic (exact) mass is 842 g/mol. The van der Waals surface area contributed by atoms with E-state index >= 15 is 0 Å². The van der Waals surface area contributed by atoms with Gasteiger partial charge in [0.25, 0.3) is 0 Å². The fraction of sp³-hybridized carbons (Fsp3) is 0.611. The Morgan fingerprint density at radius 1 is 1.15 bits per heavy atom. The Kier molecular flexibility index (Phi) is 11.3. The van der Waals surface area contributed by atoms with Crippen molar-refractivity contribution in [1.29, 1.82) is 5.26 Å². The average Bonchev–Trinajstić information content (AvgIpc) is 3.62. The van der Waals surface area contributed by atoms with Crippen LogP contribution in [0.15, 0.2) is 28.7 Å². The molecule has 55 heavy (non-hydrogen) atoms. The number of aryl methyl sites for hydroxylation is 1. The highest BCUT2D eigenvalue weighted by Crippen LogP contribution is 2.59. The highest BCUT2D eigenvalue weighted by atomic mass is 35.6. The van der Waals surface area contributed by atoms with Crippen molar-refractivity contribution in [1.82, 2.24) is 15.1 Å². The Morgan fingerprint density at radius 2 is 1.89 bits per heavy atom. The number of nitrogens with zero attached hydrogens (tertiary/aromatic N) is 3. The second-order valence-electron chi connectivity index (χ2n) is 14.2. The van der Waals surface area contributed by atoms with E-state index < -0.39 is 75.9 Å². The van der Waals surface area contributed by atoms with Crippen LogP contribution in [0.1, 0.15) is 36.6 Å². The highest BCUT2D eigenvalue weighted by Gasteiger charge is 2.64. The Morgan fingerprint density at radius 3 is 2.56 bits per heavy atom. The number of carbonyl (C=O) groups excluding carboxylic acids is 3. The molecule has 1 amide bonds. The molecule has 0 aromatic heterocycles. The lowest BCUT2D eigenvalue weighted by Crippen LogP contribution is -2.75. The lowest BCUT2D eigenvalue weighted by atomic mass is 9.66. The molecule has 6 aliphatic rings. The summed E-state index contributed by atoms with van der Waals surface area (Å²) in [6.07, 6.45) is -1.28. The molecular formula is C36H41Cl3N4O11S. The molecule has 9 atom stereocenters. The third-order valence-corrected chi connectivity index (χ3v) is 12.9. The van der Waals surface area contributed by atoms with Gasteiger partial charge in [0.15, 0.2) is 29.8 Å². The fourth-order valence-electron chi connectivity index (χ4n) is 9.12. The number of fused-ring (bicyclic) bond motifs is 8. The van der Waals surface area contributed by atoms with Crippen LogP contribution < -0.4 is 14.8 Å². The van der Waals surface area contributed by atoms with E-state index in [1.165, 1.54) is 18.7 Å². The number of halogens is 3. The first kappa shape index (κ1) is 39.9. The summed E-state index contributed by atoms with van der Waals surface area (Å²) in [7, 11) is 5.12. The van der Waals surface area contributed by atoms with E-state index in [0.29, 0.717) is 40.6 Å². The Hall–Kier alpha value is -3.30. The number of thioether (sulfide) groups is 1. The van der Waals surface area contributed by atoms with Crippen LogP contribution in [-0.4, -0.2) is 127 Å². The molecule has 0 spiro atoms. The summed E-state index contributed by atoms with van der Waals surface area (Å²) in [5.74, 6) is 0.217. The van der Waals surface area contributed by atoms with Crippen LogP contribution in [0.5, 0.6) is 11.5 Å². The maximum absolute atomic E-state index is 13.8. The summed E-state index contributed by atoms with van der Waals surface area (Å²) in [6, 6.07) is 0.855. The summed E-state index contributed by atoms with van der Waals surface area (Å²) in [5, 5.41) is 13.2. The molecular weight excluding hydrogens is 803 g/mol. The van der Waals surface area contributed by atoms with Crippen molar-refractivity contribution in [3.63, 3.8) is 0 Å². The molecule has 19 heteroatoms. The maximum Gasteiger partial charge on any atom is 0.408 e. The molecule has 6 unspecified atom stereocenters. The van der Waals surface area contributed by atoms with Crippen molar-refractivity contribution in [3.8, 4) is 17.6 Å². The van der Waals surface area contributed by atoms with Crippen molar-refractivity contribution < 1.29 is 52.3 Å². The van der Waals surface area contributed by atoms with Crippen LogP contribution in [0.25, 0.3) is 0 Å². The number of carbonyl (C=O) groups is 3. The minimum Gasteiger partial charge on any atom is -0.493 e. The summed E-state index contributed by atoms with van der Waals surface area (Å²) < 4.78 is 45.3. The standard InChI is InChI=1S/C36H41Cl3N4O11S/c1-15-7-18-8-20-21(9-40)43-22-10-49-34(45)19(41-35(46)50-12-36(37,38)39)11-55-33(25-24(22)32-30(52-14-53-32)16(2)29(25)54-17(3)44)27(43)26(42(20)4)23(18)31(28(15)48-6)51-13-47-5/h7,19-22,25-27,29,33H,8,10-14H2,1-6H3,(H,41,46)/t19?,20?,21-,22-,25?,26?,27?,29?,33+/m0/s1. The van der Waals surface area contributed by atoms with Crippen LogP contribution in [0.4, 0.5) is 4.79 Å². The highest BCUT2D eigenvalue weighted by molar-refractivity contribution is 8.00. The predicted molar refractivity (Wildman–Crippen MR) is 199 cm³/mol. The molecule has 1 aromatic rings. The normalized spacial score (nSPS) is 31.3. The van der Waals surface area contributed by atoms with Gasteiger partial charge in [-0.05, 0) is 38.4 Å². The smallest absolute Gasteiger partial charge is 0.408 e. The van der Waals surface area contributed by atoms with Gasteiger partial charge in [0.1, 0.15) is 31.4 Å². The Labute approximate surface area is 337 Å². The van der Waals surface area contributed by atoms with Crippen molar-refractivity contribution in [3.05, 3.63) is 45.4 Å². The second kappa shape index (κ2) is 15.6. The van der Waals surface area contributed by atoms with Gasteiger partial charge in [-0.15, -0.1) is 0 Å². The van der Waals surface area contributed by atoms with Crippen molar-refractivity contribution in [2.45, 2.75) is 78.6 Å². The third kappa shape index (κ3) is 7.04. The number of hydrogen-bond donors (Lipinski definition) is 1. The van der Waals surface area contributed by atoms with E-state index in [1.807, 2.05) is 20.9 Å². The quantitative estimate of drug-likeness (QED) is 0.181. The van der Waals surface area contributed by atoms with Crippen LogP contribution >= 0.6 is 46.6 Å². The van der Waals surface area contributed by atoms with Crippen molar-refractivity contribution >= 4 is 64.6 Å². The predicted octanol–water partition coefficient (Wildman–Crippen LogP) is 4.06. The number of methoxy groups -OCH3 is 2. The number of nitriles is 1. The van der Waals surface area contributed by atoms with E-state index in [4.69, 9.17) is 72.7 Å². The zero-order valence-electron chi connectivity index (χ0n) is 30.9. The maximum atomic E-state index is 13.8. The second-order valence-corrected chi connectivity index (χ2v) is 17.9. The van der Waals surface area contributed by atoms with Gasteiger partial charge < -0.3 is 43.2 Å². The first-order valence-corrected chi connectivity index (χ1v) is 19.8. The van der Waals surface area contributed by atoms with Gasteiger partial charge in [-0.2, -0.15) is 17.0 Å². The number of hydrogen-bond acceptors (Lipinski definition) is 15. The number of likely N-dealkylation sites (N-methyl/N-ethyl adjacent to an activating group) is 1. The van der Waals surface area contributed by atoms with Gasteiger partial charge in [-0.3, -0.25) is 14.6 Å². The summed E-state index contributed by atoms with van der Waals surface area (Å²) in [5.41, 5.74) is 4.11. The molecule has 1 aromatic carbocycles. The number of cyclic esters (lactones) is 1. The summed E-state index contributed by atoms with van der Waals surface area (Å²) in [6.45, 7) is 4.24. The largest absolute Gasteiger partial charge is 0.493 e. The zero-order valence-corrected chi connectivity index (χ0v) is 34.0. The number of ether oxygens (including phenoxy) is 8. The van der Waals surface area contributed by atoms with E-state index in [1.54, 1.807) is 14.2 Å². The van der Waals surface area contributed by atoms with Gasteiger partial charge in [-0.25, -0.2) is 9.59 Å². The SMILES string of the molecule is COCOc1c(OC)c(C)cc2c1C1C3[C@@H]4SCC(NC(=O)OCC(Cl)(Cl)Cl)C(=O)OC[C@@H](C5=C6OCOC6=C(C)C(OC(C)=O)C54)N3[C@@H](C#N)C(C2)N1C. The molecule has 0 saturated carbocycles. The summed E-state index contributed by atoms with van der Waals surface area (Å²) in [4.78, 5) is 43.9. The van der Waals surface area contributed by atoms with Gasteiger partial charge in [0, 0.05) is 59.7 Å². The first-order valence-electron chi connectivity index (χ1n) is 17.6. The Bertz CT molecular complexity index is 1870. The number of benzene rings is 1. The first-order chi connectivity index (χ1) is 26.2. The van der Waals surface area contributed by atoms with Gasteiger partial charge in [0.05, 0.1) is 25.3 Å². The number of amides is 1. The molecule has 1 N–H and O–H groups in total. The van der Waals surface area contributed by atoms with E-state index in [9.17, 15) is 19.6 Å². The molecule has 1 aliphatic carbocycles. The van der Waals surface area contributed by atoms with Crippen molar-refractivity contribution in [2.24, 2.45) is 5.92 Å². The number of alkyl halides is 3. The molecule has 5 heterocycles. The van der Waals surface area contributed by atoms with E-state index in [0.717, 1.165) is 16.7 Å². The minimum absolute atomic E-state index is 0.00551. The molecule has 0 radical (unpaired) electrons. The molecule has 4 fully saturated rings. The van der Waals surface area contributed by atoms with E-state index in [2.05, 4.69) is 27.3 Å². The van der Waals surface area contributed by atoms with Gasteiger partial charge in [0.2, 0.25) is 10.6 Å². The molecule has 5 aliphatic heterocycles. The number of piperidine rings is 1. The number of rotatable bonds is 7. The third-order valence-electron chi connectivity index (χ3n) is 11.1. The van der Waals surface area contributed by atoms with Crippen molar-refractivity contribution in [2.75, 3.05) is 53.8 Å². The number of nitrogens with one attached hydrogen (secondary N) is 1. The molecule has 4 bridgehead atoms. The van der Waals surface area contributed by atoms with Crippen LogP contribution in [0.2, 0.25) is 0 Å². The van der Waals surface area contributed by atoms with Gasteiger partial charge in [-0.1, -0.05) is 40.9 Å². The van der Waals surface area contributed by atoms with Crippen LogP contribution in [0.3, 0.4) is 0 Å². The number of esters is 2. The topological polar surface area (TPSA) is 167 Å². The fourth-order valence-corrected chi connectivity index (χ4v) is 10.9. The van der Waals surface area contributed by atoms with E-state index in [-0.39, 0.29) is 32.0 Å². The lowest BCUT2D eigenvalue weighted by molar-refractivity contribution is -0.154. The zero-order chi connectivity index (χ0) is 39.5.